The Balaban J connectivity index is 1.59. The molecular formula is C20H22N4O2S. The lowest BCUT2D eigenvalue weighted by atomic mass is 10.1. The number of carbonyl (C=O) groups is 1. The van der Waals surface area contributed by atoms with E-state index in [9.17, 15) is 9.90 Å². The molecule has 0 bridgehead atoms. The van der Waals surface area contributed by atoms with Gasteiger partial charge in [-0.3, -0.25) is 4.79 Å². The number of aliphatic hydroxyl groups is 1. The minimum Gasteiger partial charge on any atom is -0.380 e. The van der Waals surface area contributed by atoms with Crippen molar-refractivity contribution in [1.29, 1.82) is 0 Å². The van der Waals surface area contributed by atoms with Gasteiger partial charge in [-0.15, -0.1) is 10.2 Å². The molecule has 0 aliphatic heterocycles. The molecule has 140 valence electrons. The summed E-state index contributed by atoms with van der Waals surface area (Å²) in [5, 5.41) is 22.3. The van der Waals surface area contributed by atoms with Crippen LogP contribution < -0.4 is 5.32 Å². The van der Waals surface area contributed by atoms with Crippen molar-refractivity contribution < 1.29 is 9.90 Å². The van der Waals surface area contributed by atoms with Gasteiger partial charge < -0.3 is 15.0 Å². The molecule has 0 aliphatic rings. The second-order valence-corrected chi connectivity index (χ2v) is 7.14. The lowest BCUT2D eigenvalue weighted by Crippen LogP contribution is -2.28. The summed E-state index contributed by atoms with van der Waals surface area (Å²) in [5.74, 6) is 0.594. The number of thioether (sulfide) groups is 1. The van der Waals surface area contributed by atoms with Crippen LogP contribution in [0.15, 0.2) is 65.8 Å². The molecule has 7 heteroatoms. The molecule has 0 saturated heterocycles. The maximum atomic E-state index is 12.2. The van der Waals surface area contributed by atoms with Crippen LogP contribution in [0.2, 0.25) is 0 Å². The average molecular weight is 382 g/mol. The smallest absolute Gasteiger partial charge is 0.230 e. The molecule has 1 heterocycles. The number of nitrogens with one attached hydrogen (secondary N) is 1. The van der Waals surface area contributed by atoms with Crippen LogP contribution in [0.3, 0.4) is 0 Å². The number of hydrogen-bond acceptors (Lipinski definition) is 5. The molecule has 0 saturated carbocycles. The molecule has 1 amide bonds. The molecule has 3 rings (SSSR count). The van der Waals surface area contributed by atoms with E-state index >= 15 is 0 Å². The number of benzene rings is 2. The van der Waals surface area contributed by atoms with Crippen LogP contribution in [0, 0.1) is 0 Å². The van der Waals surface area contributed by atoms with Crippen molar-refractivity contribution in [3.8, 4) is 0 Å². The number of amides is 1. The Hall–Kier alpha value is -2.64. The van der Waals surface area contributed by atoms with E-state index in [1.807, 2.05) is 67.6 Å². The normalized spacial score (nSPS) is 13.1. The molecule has 27 heavy (non-hydrogen) atoms. The van der Waals surface area contributed by atoms with Crippen molar-refractivity contribution >= 4 is 17.7 Å². The first-order valence-electron chi connectivity index (χ1n) is 8.65. The van der Waals surface area contributed by atoms with Gasteiger partial charge in [0.2, 0.25) is 5.91 Å². The van der Waals surface area contributed by atoms with E-state index < -0.39 is 6.10 Å². The van der Waals surface area contributed by atoms with Gasteiger partial charge in [-0.1, -0.05) is 72.4 Å². The first-order valence-corrected chi connectivity index (χ1v) is 9.64. The van der Waals surface area contributed by atoms with Gasteiger partial charge in [-0.2, -0.15) is 0 Å². The molecule has 2 N–H and O–H groups in total. The van der Waals surface area contributed by atoms with Gasteiger partial charge in [0.25, 0.3) is 0 Å². The molecule has 0 aliphatic carbocycles. The summed E-state index contributed by atoms with van der Waals surface area (Å²) in [5.41, 5.74) is 1.81. The van der Waals surface area contributed by atoms with Gasteiger partial charge in [-0.05, 0) is 18.1 Å². The first kappa shape index (κ1) is 19.1. The van der Waals surface area contributed by atoms with Crippen LogP contribution in [0.1, 0.15) is 36.0 Å². The van der Waals surface area contributed by atoms with Gasteiger partial charge >= 0.3 is 0 Å². The van der Waals surface area contributed by atoms with Crippen molar-refractivity contribution in [3.05, 3.63) is 77.6 Å². The van der Waals surface area contributed by atoms with E-state index in [2.05, 4.69) is 15.5 Å². The summed E-state index contributed by atoms with van der Waals surface area (Å²) < 4.78 is 1.72. The number of carbonyl (C=O) groups excluding carboxylic acids is 1. The fraction of sp³-hybridized carbons (Fsp3) is 0.250. The molecule has 2 atom stereocenters. The van der Waals surface area contributed by atoms with Crippen molar-refractivity contribution in [2.75, 3.05) is 5.75 Å². The molecule has 3 aromatic rings. The van der Waals surface area contributed by atoms with Gasteiger partial charge in [0.1, 0.15) is 6.10 Å². The minimum absolute atomic E-state index is 0.0609. The maximum absolute atomic E-state index is 12.2. The summed E-state index contributed by atoms with van der Waals surface area (Å²) in [4.78, 5) is 12.2. The number of aromatic nitrogens is 3. The molecule has 2 aromatic carbocycles. The molecule has 0 fully saturated rings. The zero-order valence-corrected chi connectivity index (χ0v) is 16.1. The number of nitrogens with zero attached hydrogens (tertiary/aromatic N) is 3. The Morgan fingerprint density at radius 2 is 1.67 bits per heavy atom. The highest BCUT2D eigenvalue weighted by Crippen LogP contribution is 2.23. The second-order valence-electron chi connectivity index (χ2n) is 6.20. The Bertz CT molecular complexity index is 884. The topological polar surface area (TPSA) is 80.0 Å². The summed E-state index contributed by atoms with van der Waals surface area (Å²) in [6.07, 6.45) is -0.857. The zero-order valence-electron chi connectivity index (χ0n) is 15.2. The van der Waals surface area contributed by atoms with E-state index in [0.29, 0.717) is 11.0 Å². The number of hydrogen-bond donors (Lipinski definition) is 2. The van der Waals surface area contributed by atoms with Gasteiger partial charge in [-0.25, -0.2) is 0 Å². The molecule has 1 aromatic heterocycles. The lowest BCUT2D eigenvalue weighted by molar-refractivity contribution is -0.119. The highest BCUT2D eigenvalue weighted by molar-refractivity contribution is 7.99. The van der Waals surface area contributed by atoms with Crippen LogP contribution >= 0.6 is 11.8 Å². The largest absolute Gasteiger partial charge is 0.380 e. The number of aliphatic hydroxyl groups excluding tert-OH is 1. The van der Waals surface area contributed by atoms with Gasteiger partial charge in [0.15, 0.2) is 11.0 Å². The van der Waals surface area contributed by atoms with Gasteiger partial charge in [0.05, 0.1) is 11.8 Å². The van der Waals surface area contributed by atoms with Crippen molar-refractivity contribution in [3.63, 3.8) is 0 Å². The van der Waals surface area contributed by atoms with Gasteiger partial charge in [0, 0.05) is 7.05 Å². The van der Waals surface area contributed by atoms with Crippen molar-refractivity contribution in [1.82, 2.24) is 20.1 Å². The maximum Gasteiger partial charge on any atom is 0.230 e. The number of rotatable bonds is 7. The standard InChI is InChI=1S/C20H22N4O2S/c1-14(15-9-5-3-6-10-15)21-17(25)13-27-20-23-22-19(24(20)2)18(26)16-11-7-4-8-12-16/h3-12,14,18,26H,13H2,1-2H3,(H,21,25)/t14-,18-/m1/s1. The molecule has 0 spiro atoms. The zero-order chi connectivity index (χ0) is 19.2. The monoisotopic (exact) mass is 382 g/mol. The Labute approximate surface area is 162 Å². The third kappa shape index (κ3) is 4.75. The fourth-order valence-electron chi connectivity index (χ4n) is 2.71. The second kappa shape index (κ2) is 8.83. The van der Waals surface area contributed by atoms with E-state index in [1.165, 1.54) is 11.8 Å². The summed E-state index contributed by atoms with van der Waals surface area (Å²) in [6.45, 7) is 1.95. The third-order valence-corrected chi connectivity index (χ3v) is 5.26. The van der Waals surface area contributed by atoms with Crippen molar-refractivity contribution in [2.24, 2.45) is 7.05 Å². The highest BCUT2D eigenvalue weighted by atomic mass is 32.2. The highest BCUT2D eigenvalue weighted by Gasteiger charge is 2.19. The van der Waals surface area contributed by atoms with E-state index in [4.69, 9.17) is 0 Å². The molecular weight excluding hydrogens is 360 g/mol. The third-order valence-electron chi connectivity index (χ3n) is 4.24. The predicted octanol–water partition coefficient (Wildman–Crippen LogP) is 2.87. The van der Waals surface area contributed by atoms with E-state index in [0.717, 1.165) is 11.1 Å². The van der Waals surface area contributed by atoms with Crippen LogP contribution in [-0.4, -0.2) is 31.5 Å². The minimum atomic E-state index is -0.857. The quantitative estimate of drug-likeness (QED) is 0.614. The SMILES string of the molecule is C[C@@H](NC(=O)CSc1nnc([C@H](O)c2ccccc2)n1C)c1ccccc1. The van der Waals surface area contributed by atoms with E-state index in [1.54, 1.807) is 11.6 Å². The molecule has 0 unspecified atom stereocenters. The summed E-state index contributed by atoms with van der Waals surface area (Å²) >= 11 is 1.29. The summed E-state index contributed by atoms with van der Waals surface area (Å²) in [7, 11) is 1.79. The molecule has 0 radical (unpaired) electrons. The first-order chi connectivity index (χ1) is 13.1. The van der Waals surface area contributed by atoms with E-state index in [-0.39, 0.29) is 17.7 Å². The Morgan fingerprint density at radius 3 is 2.30 bits per heavy atom. The Morgan fingerprint density at radius 1 is 1.07 bits per heavy atom. The fourth-order valence-corrected chi connectivity index (χ4v) is 3.44. The average Bonchev–Trinajstić information content (AvgIpc) is 3.07. The van der Waals surface area contributed by atoms with Crippen LogP contribution in [0.5, 0.6) is 0 Å². The van der Waals surface area contributed by atoms with Crippen molar-refractivity contribution in [2.45, 2.75) is 24.2 Å². The van der Waals surface area contributed by atoms with Crippen LogP contribution in [0.25, 0.3) is 0 Å². The predicted molar refractivity (Wildman–Crippen MR) is 105 cm³/mol. The lowest BCUT2D eigenvalue weighted by Gasteiger charge is -2.14. The molecule has 6 nitrogen and oxygen atoms in total. The Kier molecular flexibility index (Phi) is 6.26. The van der Waals surface area contributed by atoms with Crippen LogP contribution in [-0.2, 0) is 11.8 Å². The summed E-state index contributed by atoms with van der Waals surface area (Å²) in [6, 6.07) is 19.1. The van der Waals surface area contributed by atoms with Crippen LogP contribution in [0.4, 0.5) is 0 Å².